The highest BCUT2D eigenvalue weighted by Crippen LogP contribution is 2.35. The highest BCUT2D eigenvalue weighted by molar-refractivity contribution is 9.10. The second-order valence-corrected chi connectivity index (χ2v) is 6.87. The molecule has 0 N–H and O–H groups in total. The van der Waals surface area contributed by atoms with Gasteiger partial charge in [-0.1, -0.05) is 59.6 Å². The Kier molecular flexibility index (Phi) is 6.31. The molecule has 0 spiro atoms. The Morgan fingerprint density at radius 3 is 2.29 bits per heavy atom. The van der Waals surface area contributed by atoms with Crippen LogP contribution in [0.4, 0.5) is 0 Å². The minimum absolute atomic E-state index is 0.194. The van der Waals surface area contributed by atoms with E-state index in [0.717, 1.165) is 16.6 Å². The lowest BCUT2D eigenvalue weighted by atomic mass is 10.0. The Balaban J connectivity index is 2.15. The highest BCUT2D eigenvalue weighted by atomic mass is 79.9. The number of rotatable bonds is 6. The third-order valence-corrected chi connectivity index (χ3v) is 5.24. The van der Waals surface area contributed by atoms with Crippen LogP contribution in [0, 0.1) is 0 Å². The average Bonchev–Trinajstić information content (AvgIpc) is 2.52. The number of hydrogen-bond donors (Lipinski definition) is 0. The number of ether oxygens (including phenoxy) is 1. The molecule has 0 aliphatic heterocycles. The number of halogens is 2. The summed E-state index contributed by atoms with van der Waals surface area (Å²) in [6, 6.07) is 15.1. The maximum atomic E-state index is 5.28. The van der Waals surface area contributed by atoms with Crippen molar-refractivity contribution in [3.05, 3.63) is 63.6 Å². The van der Waals surface area contributed by atoms with E-state index < -0.39 is 0 Å². The number of alkyl halides is 1. The summed E-state index contributed by atoms with van der Waals surface area (Å²) in [7, 11) is 1.68. The van der Waals surface area contributed by atoms with Crippen LogP contribution in [-0.2, 0) is 6.42 Å². The van der Waals surface area contributed by atoms with Gasteiger partial charge in [0.15, 0.2) is 0 Å². The first kappa shape index (κ1) is 16.6. The van der Waals surface area contributed by atoms with Gasteiger partial charge >= 0.3 is 0 Å². The number of benzene rings is 2. The van der Waals surface area contributed by atoms with Crippen molar-refractivity contribution in [1.29, 1.82) is 0 Å². The van der Waals surface area contributed by atoms with Crippen molar-refractivity contribution < 1.29 is 4.74 Å². The maximum absolute atomic E-state index is 5.28. The smallest absolute Gasteiger partial charge is 0.133 e. The summed E-state index contributed by atoms with van der Waals surface area (Å²) in [6.45, 7) is 2.23. The molecule has 21 heavy (non-hydrogen) atoms. The number of methoxy groups -OCH3 is 1. The van der Waals surface area contributed by atoms with Crippen molar-refractivity contribution in [2.45, 2.75) is 31.0 Å². The minimum Gasteiger partial charge on any atom is -0.496 e. The summed E-state index contributed by atoms with van der Waals surface area (Å²) >= 11 is 7.33. The molecule has 0 saturated heterocycles. The van der Waals surface area contributed by atoms with Crippen LogP contribution in [-0.4, -0.2) is 7.11 Å². The van der Waals surface area contributed by atoms with Crippen molar-refractivity contribution in [2.75, 3.05) is 7.11 Å². The van der Waals surface area contributed by atoms with Crippen LogP contribution in [0.1, 0.15) is 41.3 Å². The molecule has 0 radical (unpaired) electrons. The lowest BCUT2D eigenvalue weighted by Crippen LogP contribution is -1.95. The molecule has 0 amide bonds. The van der Waals surface area contributed by atoms with E-state index in [9.17, 15) is 0 Å². The van der Waals surface area contributed by atoms with E-state index in [2.05, 4.69) is 75.2 Å². The van der Waals surface area contributed by atoms with E-state index >= 15 is 0 Å². The summed E-state index contributed by atoms with van der Waals surface area (Å²) in [4.78, 5) is 0.194. The summed E-state index contributed by atoms with van der Waals surface area (Å²) in [6.07, 6.45) is 3.66. The van der Waals surface area contributed by atoms with Crippen LogP contribution in [0.25, 0.3) is 0 Å². The highest BCUT2D eigenvalue weighted by Gasteiger charge is 2.12. The van der Waals surface area contributed by atoms with Gasteiger partial charge in [-0.3, -0.25) is 0 Å². The molecule has 0 fully saturated rings. The molecule has 0 aliphatic rings. The maximum Gasteiger partial charge on any atom is 0.133 e. The van der Waals surface area contributed by atoms with Crippen molar-refractivity contribution in [1.82, 2.24) is 0 Å². The fourth-order valence-electron chi connectivity index (χ4n) is 2.27. The molecule has 0 aliphatic carbocycles. The third kappa shape index (κ3) is 4.33. The van der Waals surface area contributed by atoms with Gasteiger partial charge in [0.2, 0.25) is 0 Å². The SMILES string of the molecule is CCCCc1ccc(C(Br)c2ccc(OC)c(Br)c2)cc1. The molecule has 2 aromatic carbocycles. The van der Waals surface area contributed by atoms with Crippen molar-refractivity contribution in [3.8, 4) is 5.75 Å². The van der Waals surface area contributed by atoms with Gasteiger partial charge in [-0.05, 0) is 57.6 Å². The molecule has 0 aromatic heterocycles. The van der Waals surface area contributed by atoms with Crippen molar-refractivity contribution in [3.63, 3.8) is 0 Å². The molecule has 112 valence electrons. The standard InChI is InChI=1S/C18H20Br2O/c1-3-4-5-13-6-8-14(9-7-13)18(20)15-10-11-17(21-2)16(19)12-15/h6-12,18H,3-5H2,1-2H3. The quantitative estimate of drug-likeness (QED) is 0.508. The summed E-state index contributed by atoms with van der Waals surface area (Å²) in [5, 5.41) is 0. The molecule has 1 atom stereocenters. The average molecular weight is 412 g/mol. The van der Waals surface area contributed by atoms with Crippen LogP contribution >= 0.6 is 31.9 Å². The van der Waals surface area contributed by atoms with E-state index in [4.69, 9.17) is 4.74 Å². The zero-order valence-corrected chi connectivity index (χ0v) is 15.6. The molecule has 0 heterocycles. The van der Waals surface area contributed by atoms with Crippen LogP contribution < -0.4 is 4.74 Å². The zero-order chi connectivity index (χ0) is 15.2. The van der Waals surface area contributed by atoms with Crippen molar-refractivity contribution in [2.24, 2.45) is 0 Å². The molecule has 3 heteroatoms. The molecule has 1 unspecified atom stereocenters. The Hall–Kier alpha value is -0.800. The molecular weight excluding hydrogens is 392 g/mol. The Morgan fingerprint density at radius 1 is 1.05 bits per heavy atom. The van der Waals surface area contributed by atoms with Crippen LogP contribution in [0.15, 0.2) is 46.9 Å². The van der Waals surface area contributed by atoms with E-state index in [1.54, 1.807) is 7.11 Å². The molecule has 0 saturated carbocycles. The van der Waals surface area contributed by atoms with Crippen LogP contribution in [0.3, 0.4) is 0 Å². The van der Waals surface area contributed by atoms with Gasteiger partial charge in [0.25, 0.3) is 0 Å². The van der Waals surface area contributed by atoms with Crippen LogP contribution in [0.5, 0.6) is 5.75 Å². The number of aryl methyl sites for hydroxylation is 1. The second kappa shape index (κ2) is 8.00. The van der Waals surface area contributed by atoms with E-state index in [1.807, 2.05) is 6.07 Å². The van der Waals surface area contributed by atoms with Gasteiger partial charge in [-0.2, -0.15) is 0 Å². The second-order valence-electron chi connectivity index (χ2n) is 5.10. The zero-order valence-electron chi connectivity index (χ0n) is 12.4. The number of unbranched alkanes of at least 4 members (excludes halogenated alkanes) is 1. The van der Waals surface area contributed by atoms with Gasteiger partial charge in [0.05, 0.1) is 16.4 Å². The van der Waals surface area contributed by atoms with Gasteiger partial charge < -0.3 is 4.74 Å². The Labute approximate surface area is 144 Å². The lowest BCUT2D eigenvalue weighted by Gasteiger charge is -2.13. The van der Waals surface area contributed by atoms with E-state index in [-0.39, 0.29) is 4.83 Å². The molecule has 1 nitrogen and oxygen atoms in total. The summed E-state index contributed by atoms with van der Waals surface area (Å²) < 4.78 is 6.25. The first-order valence-electron chi connectivity index (χ1n) is 7.22. The van der Waals surface area contributed by atoms with Crippen molar-refractivity contribution >= 4 is 31.9 Å². The predicted octanol–water partition coefficient (Wildman–Crippen LogP) is 6.28. The topological polar surface area (TPSA) is 9.23 Å². The van der Waals surface area contributed by atoms with Gasteiger partial charge in [0.1, 0.15) is 5.75 Å². The fraction of sp³-hybridized carbons (Fsp3) is 0.333. The monoisotopic (exact) mass is 410 g/mol. The minimum atomic E-state index is 0.194. The largest absolute Gasteiger partial charge is 0.496 e. The lowest BCUT2D eigenvalue weighted by molar-refractivity contribution is 0.412. The molecular formula is C18H20Br2O. The molecule has 2 aromatic rings. The van der Waals surface area contributed by atoms with Gasteiger partial charge in [-0.15, -0.1) is 0 Å². The Bertz CT molecular complexity index is 578. The summed E-state index contributed by atoms with van der Waals surface area (Å²) in [5.41, 5.74) is 3.90. The summed E-state index contributed by atoms with van der Waals surface area (Å²) in [5.74, 6) is 0.855. The fourth-order valence-corrected chi connectivity index (χ4v) is 3.42. The van der Waals surface area contributed by atoms with E-state index in [0.29, 0.717) is 0 Å². The first-order valence-corrected chi connectivity index (χ1v) is 8.93. The molecule has 2 rings (SSSR count). The molecule has 0 bridgehead atoms. The predicted molar refractivity (Wildman–Crippen MR) is 96.5 cm³/mol. The van der Waals surface area contributed by atoms with Gasteiger partial charge in [0, 0.05) is 0 Å². The normalized spacial score (nSPS) is 12.2. The van der Waals surface area contributed by atoms with E-state index in [1.165, 1.54) is 29.5 Å². The Morgan fingerprint density at radius 2 is 1.71 bits per heavy atom. The van der Waals surface area contributed by atoms with Gasteiger partial charge in [-0.25, -0.2) is 0 Å². The van der Waals surface area contributed by atoms with Crippen LogP contribution in [0.2, 0.25) is 0 Å². The third-order valence-electron chi connectivity index (χ3n) is 3.56. The number of hydrogen-bond acceptors (Lipinski definition) is 1. The first-order chi connectivity index (χ1) is 10.2.